The summed E-state index contributed by atoms with van der Waals surface area (Å²) in [7, 11) is -3.06. The molecule has 1 unspecified atom stereocenters. The van der Waals surface area contributed by atoms with Crippen LogP contribution in [-0.2, 0) is 14.6 Å². The molecule has 0 aliphatic rings. The highest BCUT2D eigenvalue weighted by Gasteiger charge is 2.21. The van der Waals surface area contributed by atoms with Gasteiger partial charge in [0.05, 0.1) is 12.3 Å². The van der Waals surface area contributed by atoms with Gasteiger partial charge in [-0.2, -0.15) is 0 Å². The molecule has 0 aliphatic heterocycles. The summed E-state index contributed by atoms with van der Waals surface area (Å²) in [5.74, 6) is -0.0179. The summed E-state index contributed by atoms with van der Waals surface area (Å²) in [6, 6.07) is 6.70. The van der Waals surface area contributed by atoms with Gasteiger partial charge in [0.2, 0.25) is 5.91 Å². The van der Waals surface area contributed by atoms with Gasteiger partial charge in [0.25, 0.3) is 0 Å². The van der Waals surface area contributed by atoms with Gasteiger partial charge in [0.15, 0.2) is 9.84 Å². The van der Waals surface area contributed by atoms with Crippen LogP contribution >= 0.6 is 11.6 Å². The smallest absolute Gasteiger partial charge is 0.238 e. The average Bonchev–Trinajstić information content (AvgIpc) is 2.44. The van der Waals surface area contributed by atoms with Crippen molar-refractivity contribution in [3.63, 3.8) is 0 Å². The fraction of sp³-hybridized carbons (Fsp3) is 0.533. The molecule has 1 aromatic rings. The molecule has 1 amide bonds. The van der Waals surface area contributed by atoms with Crippen molar-refractivity contribution in [2.45, 2.75) is 26.8 Å². The highest BCUT2D eigenvalue weighted by Crippen LogP contribution is 2.15. The second-order valence-corrected chi connectivity index (χ2v) is 8.00. The Morgan fingerprint density at radius 1 is 1.36 bits per heavy atom. The van der Waals surface area contributed by atoms with Gasteiger partial charge in [0.1, 0.15) is 0 Å². The molecule has 0 spiro atoms. The first kappa shape index (κ1) is 18.9. The molecule has 7 heteroatoms. The second kappa shape index (κ2) is 8.50. The van der Waals surface area contributed by atoms with Gasteiger partial charge in [-0.1, -0.05) is 31.5 Å². The van der Waals surface area contributed by atoms with E-state index >= 15 is 0 Å². The zero-order valence-electron chi connectivity index (χ0n) is 13.2. The van der Waals surface area contributed by atoms with Crippen molar-refractivity contribution in [2.75, 3.05) is 29.9 Å². The van der Waals surface area contributed by atoms with Crippen LogP contribution in [0, 0.1) is 0 Å². The number of carbonyl (C=O) groups is 1. The maximum Gasteiger partial charge on any atom is 0.238 e. The molecule has 0 saturated heterocycles. The van der Waals surface area contributed by atoms with Crippen LogP contribution in [0.5, 0.6) is 0 Å². The summed E-state index contributed by atoms with van der Waals surface area (Å²) in [6.45, 7) is 6.10. The monoisotopic (exact) mass is 346 g/mol. The quantitative estimate of drug-likeness (QED) is 0.785. The third kappa shape index (κ3) is 6.34. The fourth-order valence-electron chi connectivity index (χ4n) is 2.12. The van der Waals surface area contributed by atoms with E-state index in [1.165, 1.54) is 0 Å². The molecule has 5 nitrogen and oxygen atoms in total. The van der Waals surface area contributed by atoms with Crippen LogP contribution in [0.15, 0.2) is 24.3 Å². The third-order valence-electron chi connectivity index (χ3n) is 3.42. The Balaban J connectivity index is 2.63. The number of benzene rings is 1. The molecular weight excluding hydrogens is 324 g/mol. The fourth-order valence-corrected chi connectivity index (χ4v) is 3.49. The number of anilines is 1. The highest BCUT2D eigenvalue weighted by molar-refractivity contribution is 7.91. The summed E-state index contributed by atoms with van der Waals surface area (Å²) in [5, 5.41) is 3.31. The molecular formula is C15H23ClN2O3S. The van der Waals surface area contributed by atoms with Crippen LogP contribution in [0.4, 0.5) is 5.69 Å². The van der Waals surface area contributed by atoms with Crippen molar-refractivity contribution in [1.82, 2.24) is 4.90 Å². The molecule has 0 fully saturated rings. The van der Waals surface area contributed by atoms with Gasteiger partial charge >= 0.3 is 0 Å². The maximum absolute atomic E-state index is 12.1. The number of halogens is 1. The van der Waals surface area contributed by atoms with Crippen molar-refractivity contribution < 1.29 is 13.2 Å². The zero-order valence-corrected chi connectivity index (χ0v) is 14.7. The van der Waals surface area contributed by atoms with Crippen LogP contribution in [0.2, 0.25) is 5.02 Å². The van der Waals surface area contributed by atoms with Gasteiger partial charge in [-0.15, -0.1) is 0 Å². The Hall–Kier alpha value is -1.11. The van der Waals surface area contributed by atoms with E-state index in [9.17, 15) is 13.2 Å². The molecule has 0 radical (unpaired) electrons. The minimum Gasteiger partial charge on any atom is -0.325 e. The summed E-state index contributed by atoms with van der Waals surface area (Å²) < 4.78 is 23.4. The minimum atomic E-state index is -3.06. The van der Waals surface area contributed by atoms with E-state index in [0.29, 0.717) is 17.3 Å². The van der Waals surface area contributed by atoms with Gasteiger partial charge < -0.3 is 5.32 Å². The number of nitrogens with zero attached hydrogens (tertiary/aromatic N) is 1. The Morgan fingerprint density at radius 2 is 2.05 bits per heavy atom. The first-order valence-corrected chi connectivity index (χ1v) is 9.47. The van der Waals surface area contributed by atoms with E-state index in [0.717, 1.165) is 0 Å². The minimum absolute atomic E-state index is 0.0573. The summed E-state index contributed by atoms with van der Waals surface area (Å²) in [6.07, 6.45) is 0. The molecule has 0 saturated carbocycles. The lowest BCUT2D eigenvalue weighted by atomic mass is 10.3. The molecule has 0 heterocycles. The van der Waals surface area contributed by atoms with Crippen molar-refractivity contribution in [2.24, 2.45) is 0 Å². The molecule has 0 aliphatic carbocycles. The largest absolute Gasteiger partial charge is 0.325 e. The number of sulfone groups is 1. The number of likely N-dealkylation sites (N-methyl/N-ethyl adjacent to an activating group) is 1. The van der Waals surface area contributed by atoms with E-state index in [1.807, 2.05) is 18.7 Å². The van der Waals surface area contributed by atoms with Crippen LogP contribution in [-0.4, -0.2) is 49.9 Å². The topological polar surface area (TPSA) is 66.5 Å². The van der Waals surface area contributed by atoms with Gasteiger partial charge in [-0.25, -0.2) is 8.42 Å². The first-order valence-electron chi connectivity index (χ1n) is 7.27. The van der Waals surface area contributed by atoms with Gasteiger partial charge in [0, 0.05) is 22.5 Å². The zero-order chi connectivity index (χ0) is 16.8. The number of hydrogen-bond acceptors (Lipinski definition) is 4. The molecule has 1 rings (SSSR count). The Bertz CT molecular complexity index is 605. The van der Waals surface area contributed by atoms with E-state index in [4.69, 9.17) is 11.6 Å². The molecule has 1 aromatic carbocycles. The van der Waals surface area contributed by atoms with Crippen molar-refractivity contribution >= 4 is 33.0 Å². The lowest BCUT2D eigenvalue weighted by Crippen LogP contribution is -2.42. The van der Waals surface area contributed by atoms with Crippen LogP contribution < -0.4 is 5.32 Å². The predicted molar refractivity (Wildman–Crippen MR) is 91.1 cm³/mol. The molecule has 0 bridgehead atoms. The van der Waals surface area contributed by atoms with Gasteiger partial charge in [-0.05, 0) is 31.7 Å². The summed E-state index contributed by atoms with van der Waals surface area (Å²) in [4.78, 5) is 13.9. The lowest BCUT2D eigenvalue weighted by Gasteiger charge is -2.26. The number of nitrogens with one attached hydrogen (secondary N) is 1. The van der Waals surface area contributed by atoms with Gasteiger partial charge in [-0.3, -0.25) is 9.69 Å². The van der Waals surface area contributed by atoms with E-state index in [1.54, 1.807) is 31.2 Å². The van der Waals surface area contributed by atoms with Crippen molar-refractivity contribution in [1.29, 1.82) is 0 Å². The van der Waals surface area contributed by atoms with E-state index in [-0.39, 0.29) is 30.0 Å². The van der Waals surface area contributed by atoms with Crippen molar-refractivity contribution in [3.8, 4) is 0 Å². The molecule has 124 valence electrons. The Kier molecular flexibility index (Phi) is 7.32. The number of rotatable bonds is 8. The molecule has 1 N–H and O–H groups in total. The lowest BCUT2D eigenvalue weighted by molar-refractivity contribution is -0.117. The predicted octanol–water partition coefficient (Wildman–Crippen LogP) is 2.42. The summed E-state index contributed by atoms with van der Waals surface area (Å²) >= 11 is 5.87. The average molecular weight is 347 g/mol. The van der Waals surface area contributed by atoms with Crippen LogP contribution in [0.3, 0.4) is 0 Å². The Labute approximate surface area is 137 Å². The number of hydrogen-bond donors (Lipinski definition) is 1. The van der Waals surface area contributed by atoms with Crippen LogP contribution in [0.1, 0.15) is 20.8 Å². The Morgan fingerprint density at radius 3 is 2.59 bits per heavy atom. The molecule has 0 aromatic heterocycles. The van der Waals surface area contributed by atoms with E-state index < -0.39 is 9.84 Å². The molecule has 22 heavy (non-hydrogen) atoms. The number of amides is 1. The first-order chi connectivity index (χ1) is 10.3. The summed E-state index contributed by atoms with van der Waals surface area (Å²) in [5.41, 5.74) is 0.627. The van der Waals surface area contributed by atoms with Crippen LogP contribution in [0.25, 0.3) is 0 Å². The molecule has 1 atom stereocenters. The van der Waals surface area contributed by atoms with E-state index in [2.05, 4.69) is 5.32 Å². The standard InChI is InChI=1S/C15H23ClN2O3S/c1-4-18(12(3)11-22(20,21)5-2)10-15(19)17-14-8-6-7-13(16)9-14/h6-9,12H,4-5,10-11H2,1-3H3,(H,17,19). The number of carbonyl (C=O) groups excluding carboxylic acids is 1. The third-order valence-corrected chi connectivity index (χ3v) is 5.52. The highest BCUT2D eigenvalue weighted by atomic mass is 35.5. The van der Waals surface area contributed by atoms with Crippen molar-refractivity contribution in [3.05, 3.63) is 29.3 Å². The second-order valence-electron chi connectivity index (χ2n) is 5.17. The maximum atomic E-state index is 12.1. The normalized spacial score (nSPS) is 13.1. The SMILES string of the molecule is CCN(CC(=O)Nc1cccc(Cl)c1)C(C)CS(=O)(=O)CC.